The number of aryl methyl sites for hydroxylation is 2. The molecule has 0 atom stereocenters. The van der Waals surface area contributed by atoms with Crippen LogP contribution in [0.5, 0.6) is 0 Å². The number of benzene rings is 2. The van der Waals surface area contributed by atoms with Crippen LogP contribution in [-0.2, 0) is 22.4 Å². The number of nitrogens with zero attached hydrogens (tertiary/aromatic N) is 2. The lowest BCUT2D eigenvalue weighted by atomic mass is 10.0. The van der Waals surface area contributed by atoms with Crippen LogP contribution in [0.1, 0.15) is 31.9 Å². The van der Waals surface area contributed by atoms with Gasteiger partial charge in [-0.1, -0.05) is 24.3 Å². The van der Waals surface area contributed by atoms with Gasteiger partial charge in [0.25, 0.3) is 0 Å². The lowest BCUT2D eigenvalue weighted by molar-refractivity contribution is -0.131. The highest BCUT2D eigenvalue weighted by Gasteiger charge is 2.27. The summed E-state index contributed by atoms with van der Waals surface area (Å²) in [5, 5.41) is 5.87. The molecular formula is C23H29N3O3. The molecule has 2 aromatic rings. The highest BCUT2D eigenvalue weighted by atomic mass is 16.6. The van der Waals surface area contributed by atoms with Gasteiger partial charge < -0.3 is 19.9 Å². The van der Waals surface area contributed by atoms with Crippen LogP contribution in [0.25, 0.3) is 10.8 Å². The van der Waals surface area contributed by atoms with E-state index >= 15 is 0 Å². The molecule has 6 nitrogen and oxygen atoms in total. The molecule has 1 fully saturated rings. The summed E-state index contributed by atoms with van der Waals surface area (Å²) < 4.78 is 5.41. The summed E-state index contributed by atoms with van der Waals surface area (Å²) in [5.41, 5.74) is 3.29. The molecule has 29 heavy (non-hydrogen) atoms. The topological polar surface area (TPSA) is 61.9 Å². The van der Waals surface area contributed by atoms with Gasteiger partial charge in [0.15, 0.2) is 0 Å². The van der Waals surface area contributed by atoms with Crippen LogP contribution in [0.4, 0.5) is 10.5 Å². The van der Waals surface area contributed by atoms with Crippen molar-refractivity contribution in [2.75, 3.05) is 38.0 Å². The van der Waals surface area contributed by atoms with Crippen molar-refractivity contribution < 1.29 is 14.3 Å². The fourth-order valence-corrected chi connectivity index (χ4v) is 4.15. The van der Waals surface area contributed by atoms with Gasteiger partial charge in [0.05, 0.1) is 6.54 Å². The number of carbonyl (C=O) groups is 2. The zero-order valence-corrected chi connectivity index (χ0v) is 17.5. The van der Waals surface area contributed by atoms with Gasteiger partial charge in [0, 0.05) is 37.3 Å². The van der Waals surface area contributed by atoms with Gasteiger partial charge >= 0.3 is 6.09 Å². The van der Waals surface area contributed by atoms with Crippen molar-refractivity contribution in [2.24, 2.45) is 0 Å². The maximum atomic E-state index is 12.7. The average molecular weight is 396 g/mol. The van der Waals surface area contributed by atoms with E-state index in [9.17, 15) is 9.59 Å². The SMILES string of the molecule is CC(C)(C)OC(=O)N1CCN(C(=O)CNc2ccc3c4c(cccc24)CC3)CC1. The quantitative estimate of drug-likeness (QED) is 0.865. The lowest BCUT2D eigenvalue weighted by Gasteiger charge is -2.35. The molecule has 2 amide bonds. The first kappa shape index (κ1) is 19.6. The highest BCUT2D eigenvalue weighted by Crippen LogP contribution is 2.34. The van der Waals surface area contributed by atoms with E-state index in [0.717, 1.165) is 18.5 Å². The molecule has 0 spiro atoms. The summed E-state index contributed by atoms with van der Waals surface area (Å²) in [6, 6.07) is 10.7. The molecule has 6 heteroatoms. The minimum absolute atomic E-state index is 0.0529. The van der Waals surface area contributed by atoms with Gasteiger partial charge in [0.2, 0.25) is 5.91 Å². The number of anilines is 1. The van der Waals surface area contributed by atoms with E-state index in [1.807, 2.05) is 25.7 Å². The Labute approximate surface area is 171 Å². The summed E-state index contributed by atoms with van der Waals surface area (Å²) in [7, 11) is 0. The first-order chi connectivity index (χ1) is 13.8. The number of amides is 2. The van der Waals surface area contributed by atoms with Crippen LogP contribution < -0.4 is 5.32 Å². The molecule has 2 aliphatic rings. The maximum Gasteiger partial charge on any atom is 0.410 e. The third kappa shape index (κ3) is 4.16. The normalized spacial score (nSPS) is 16.2. The van der Waals surface area contributed by atoms with Gasteiger partial charge in [0.1, 0.15) is 5.60 Å². The summed E-state index contributed by atoms with van der Waals surface area (Å²) >= 11 is 0. The molecule has 1 aliphatic heterocycles. The Morgan fingerprint density at radius 3 is 2.31 bits per heavy atom. The van der Waals surface area contributed by atoms with E-state index in [4.69, 9.17) is 4.74 Å². The van der Waals surface area contributed by atoms with Crippen molar-refractivity contribution in [1.29, 1.82) is 0 Å². The number of hydrogen-bond acceptors (Lipinski definition) is 4. The van der Waals surface area contributed by atoms with Crippen molar-refractivity contribution in [3.05, 3.63) is 41.5 Å². The van der Waals surface area contributed by atoms with Crippen molar-refractivity contribution in [1.82, 2.24) is 9.80 Å². The molecule has 0 aromatic heterocycles. The number of nitrogens with one attached hydrogen (secondary N) is 1. The standard InChI is InChI=1S/C23H29N3O3/c1-23(2,3)29-22(28)26-13-11-25(12-14-26)20(27)15-24-19-10-9-17-8-7-16-5-4-6-18(19)21(16)17/h4-6,9-10,24H,7-8,11-15H2,1-3H3. The van der Waals surface area contributed by atoms with Gasteiger partial charge in [-0.15, -0.1) is 0 Å². The molecule has 1 saturated heterocycles. The second-order valence-corrected chi connectivity index (χ2v) is 8.81. The third-order valence-electron chi connectivity index (χ3n) is 5.59. The molecule has 0 unspecified atom stereocenters. The van der Waals surface area contributed by atoms with Crippen LogP contribution in [0, 0.1) is 0 Å². The lowest BCUT2D eigenvalue weighted by Crippen LogP contribution is -2.52. The van der Waals surface area contributed by atoms with E-state index in [1.54, 1.807) is 4.90 Å². The van der Waals surface area contributed by atoms with Crippen molar-refractivity contribution in [3.8, 4) is 0 Å². The third-order valence-corrected chi connectivity index (χ3v) is 5.59. The van der Waals surface area contributed by atoms with Crippen molar-refractivity contribution >= 4 is 28.5 Å². The highest BCUT2D eigenvalue weighted by molar-refractivity contribution is 6.00. The second kappa shape index (κ2) is 7.58. The predicted molar refractivity (Wildman–Crippen MR) is 114 cm³/mol. The van der Waals surface area contributed by atoms with Gasteiger partial charge in [-0.05, 0) is 56.2 Å². The van der Waals surface area contributed by atoms with Gasteiger partial charge in [-0.25, -0.2) is 4.79 Å². The molecular weight excluding hydrogens is 366 g/mol. The Morgan fingerprint density at radius 2 is 1.62 bits per heavy atom. The van der Waals surface area contributed by atoms with Crippen molar-refractivity contribution in [2.45, 2.75) is 39.2 Å². The maximum absolute atomic E-state index is 12.7. The van der Waals surface area contributed by atoms with Crippen LogP contribution in [0.2, 0.25) is 0 Å². The molecule has 0 saturated carbocycles. The van der Waals surface area contributed by atoms with Crippen molar-refractivity contribution in [3.63, 3.8) is 0 Å². The van der Waals surface area contributed by atoms with E-state index in [0.29, 0.717) is 26.2 Å². The summed E-state index contributed by atoms with van der Waals surface area (Å²) in [4.78, 5) is 28.3. The fraction of sp³-hybridized carbons (Fsp3) is 0.478. The zero-order valence-electron chi connectivity index (χ0n) is 17.5. The first-order valence-electron chi connectivity index (χ1n) is 10.3. The number of rotatable bonds is 3. The van der Waals surface area contributed by atoms with E-state index in [-0.39, 0.29) is 18.5 Å². The Balaban J connectivity index is 1.34. The number of carbonyl (C=O) groups excluding carboxylic acids is 2. The summed E-state index contributed by atoms with van der Waals surface area (Å²) in [6.07, 6.45) is 1.88. The van der Waals surface area contributed by atoms with Crippen LogP contribution in [-0.4, -0.2) is 60.1 Å². The molecule has 1 aliphatic carbocycles. The van der Waals surface area contributed by atoms with Gasteiger partial charge in [-0.3, -0.25) is 4.79 Å². The Morgan fingerprint density at radius 1 is 0.966 bits per heavy atom. The fourth-order valence-electron chi connectivity index (χ4n) is 4.15. The molecule has 1 N–H and O–H groups in total. The Bertz CT molecular complexity index is 930. The van der Waals surface area contributed by atoms with Crippen LogP contribution in [0.15, 0.2) is 30.3 Å². The second-order valence-electron chi connectivity index (χ2n) is 8.81. The predicted octanol–water partition coefficient (Wildman–Crippen LogP) is 3.43. The smallest absolute Gasteiger partial charge is 0.410 e. The van der Waals surface area contributed by atoms with E-state index in [2.05, 4.69) is 35.6 Å². The van der Waals surface area contributed by atoms with Gasteiger partial charge in [-0.2, -0.15) is 0 Å². The number of hydrogen-bond donors (Lipinski definition) is 1. The number of ether oxygens (including phenoxy) is 1. The minimum atomic E-state index is -0.506. The molecule has 2 aromatic carbocycles. The summed E-state index contributed by atoms with van der Waals surface area (Å²) in [5.74, 6) is 0.0529. The van der Waals surface area contributed by atoms with E-state index < -0.39 is 5.60 Å². The molecule has 154 valence electrons. The van der Waals surface area contributed by atoms with Crippen LogP contribution in [0.3, 0.4) is 0 Å². The minimum Gasteiger partial charge on any atom is -0.444 e. The number of piperazine rings is 1. The summed E-state index contributed by atoms with van der Waals surface area (Å²) in [6.45, 7) is 7.89. The van der Waals surface area contributed by atoms with Crippen LogP contribution >= 0.6 is 0 Å². The molecule has 0 bridgehead atoms. The average Bonchev–Trinajstić information content (AvgIpc) is 3.11. The molecule has 0 radical (unpaired) electrons. The first-order valence-corrected chi connectivity index (χ1v) is 10.3. The van der Waals surface area contributed by atoms with E-state index in [1.165, 1.54) is 21.9 Å². The monoisotopic (exact) mass is 395 g/mol. The zero-order chi connectivity index (χ0) is 20.6. The molecule has 4 rings (SSSR count). The molecule has 1 heterocycles. The Hall–Kier alpha value is -2.76. The Kier molecular flexibility index (Phi) is 5.11. The largest absolute Gasteiger partial charge is 0.444 e.